The van der Waals surface area contributed by atoms with Crippen LogP contribution < -0.4 is 10.6 Å². The number of carbonyl (C=O) groups excluding carboxylic acids is 2. The van der Waals surface area contributed by atoms with Crippen molar-refractivity contribution in [3.63, 3.8) is 0 Å². The molecule has 8 nitrogen and oxygen atoms in total. The highest BCUT2D eigenvalue weighted by Crippen LogP contribution is 2.28. The minimum atomic E-state index is -1.14. The summed E-state index contributed by atoms with van der Waals surface area (Å²) in [7, 11) is 0. The van der Waals surface area contributed by atoms with Crippen LogP contribution in [-0.2, 0) is 27.2 Å². The first-order chi connectivity index (χ1) is 15.1. The Balaban J connectivity index is 1.79. The van der Waals surface area contributed by atoms with Crippen LogP contribution in [0.2, 0.25) is 0 Å². The van der Waals surface area contributed by atoms with Gasteiger partial charge in [-0.2, -0.15) is 0 Å². The van der Waals surface area contributed by atoms with Gasteiger partial charge in [0.1, 0.15) is 11.6 Å². The minimum absolute atomic E-state index is 0.0445. The predicted molar refractivity (Wildman–Crippen MR) is 122 cm³/mol. The summed E-state index contributed by atoms with van der Waals surface area (Å²) >= 11 is 0. The van der Waals surface area contributed by atoms with Crippen LogP contribution in [0.25, 0.3) is 10.9 Å². The van der Waals surface area contributed by atoms with Crippen molar-refractivity contribution in [2.45, 2.75) is 45.3 Å². The fourth-order valence-corrected chi connectivity index (χ4v) is 3.38. The lowest BCUT2D eigenvalue weighted by Gasteiger charge is -2.20. The molecule has 0 bridgehead atoms. The summed E-state index contributed by atoms with van der Waals surface area (Å²) in [6.07, 6.45) is 1.21. The van der Waals surface area contributed by atoms with Gasteiger partial charge in [0.05, 0.1) is 12.1 Å². The molecule has 0 aliphatic rings. The number of benzene rings is 2. The zero-order chi connectivity index (χ0) is 23.3. The van der Waals surface area contributed by atoms with Gasteiger partial charge in [-0.25, -0.2) is 9.59 Å². The standard InChI is InChI=1S/C24H27N3O5/c1-24(2,3)32-23(31)27-18-11-7-10-17-21(18)16(14-25-17)13-19(22(29)30)26-20(28)12-15-8-5-4-6-9-15/h4-11,14,19,25H,12-13H2,1-3H3,(H,26,28)(H,27,31)(H,29,30). The van der Waals surface area contributed by atoms with E-state index < -0.39 is 23.7 Å². The molecule has 3 rings (SSSR count). The second-order valence-corrected chi connectivity index (χ2v) is 8.49. The number of rotatable bonds is 7. The van der Waals surface area contributed by atoms with Crippen molar-refractivity contribution in [3.8, 4) is 0 Å². The van der Waals surface area contributed by atoms with Crippen LogP contribution in [0.15, 0.2) is 54.7 Å². The number of hydrogen-bond acceptors (Lipinski definition) is 4. The van der Waals surface area contributed by atoms with Gasteiger partial charge < -0.3 is 20.1 Å². The van der Waals surface area contributed by atoms with E-state index in [-0.39, 0.29) is 18.7 Å². The molecule has 0 aliphatic heterocycles. The van der Waals surface area contributed by atoms with Gasteiger partial charge in [0.25, 0.3) is 0 Å². The van der Waals surface area contributed by atoms with Crippen LogP contribution in [0.1, 0.15) is 31.9 Å². The molecular formula is C24H27N3O5. The second-order valence-electron chi connectivity index (χ2n) is 8.49. The SMILES string of the molecule is CC(C)(C)OC(=O)Nc1cccc2[nH]cc(CC(NC(=O)Cc3ccccc3)C(=O)O)c12. The summed E-state index contributed by atoms with van der Waals surface area (Å²) in [5, 5.41) is 15.7. The number of carboxylic acids is 1. The molecule has 3 aromatic rings. The highest BCUT2D eigenvalue weighted by atomic mass is 16.6. The first-order valence-corrected chi connectivity index (χ1v) is 10.3. The molecule has 0 spiro atoms. The lowest BCUT2D eigenvalue weighted by atomic mass is 10.0. The maximum absolute atomic E-state index is 12.4. The van der Waals surface area contributed by atoms with Gasteiger partial charge in [0.15, 0.2) is 0 Å². The number of carbonyl (C=O) groups is 3. The van der Waals surface area contributed by atoms with E-state index in [1.807, 2.05) is 36.4 Å². The Morgan fingerprint density at radius 3 is 2.44 bits per heavy atom. The van der Waals surface area contributed by atoms with E-state index in [4.69, 9.17) is 4.74 Å². The Bertz CT molecular complexity index is 1120. The Hall–Kier alpha value is -3.81. The van der Waals surface area contributed by atoms with E-state index in [9.17, 15) is 19.5 Å². The van der Waals surface area contributed by atoms with Crippen LogP contribution in [-0.4, -0.2) is 39.7 Å². The van der Waals surface area contributed by atoms with Crippen LogP contribution >= 0.6 is 0 Å². The normalized spacial score (nSPS) is 12.2. The summed E-state index contributed by atoms with van der Waals surface area (Å²) < 4.78 is 5.32. The minimum Gasteiger partial charge on any atom is -0.480 e. The maximum atomic E-state index is 12.4. The zero-order valence-corrected chi connectivity index (χ0v) is 18.3. The molecule has 4 N–H and O–H groups in total. The molecule has 1 atom stereocenters. The van der Waals surface area contributed by atoms with Crippen LogP contribution in [0.3, 0.4) is 0 Å². The predicted octanol–water partition coefficient (Wildman–Crippen LogP) is 3.87. The quantitative estimate of drug-likeness (QED) is 0.447. The molecule has 0 aliphatic carbocycles. The number of anilines is 1. The van der Waals surface area contributed by atoms with Crippen molar-refractivity contribution in [1.29, 1.82) is 0 Å². The molecule has 32 heavy (non-hydrogen) atoms. The summed E-state index contributed by atoms with van der Waals surface area (Å²) in [4.78, 5) is 39.6. The maximum Gasteiger partial charge on any atom is 0.412 e. The van der Waals surface area contributed by atoms with Crippen molar-refractivity contribution < 1.29 is 24.2 Å². The number of carboxylic acid groups (broad SMARTS) is 1. The number of aromatic nitrogens is 1. The smallest absolute Gasteiger partial charge is 0.412 e. The summed E-state index contributed by atoms with van der Waals surface area (Å²) in [5.41, 5.74) is 2.02. The number of fused-ring (bicyclic) bond motifs is 1. The first kappa shape index (κ1) is 22.9. The third kappa shape index (κ3) is 6.10. The number of amides is 2. The Morgan fingerprint density at radius 2 is 1.78 bits per heavy atom. The van der Waals surface area contributed by atoms with Gasteiger partial charge in [-0.05, 0) is 44.0 Å². The molecule has 0 saturated carbocycles. The van der Waals surface area contributed by atoms with Crippen molar-refractivity contribution in [1.82, 2.24) is 10.3 Å². The fraction of sp³-hybridized carbons (Fsp3) is 0.292. The Morgan fingerprint density at radius 1 is 1.06 bits per heavy atom. The second kappa shape index (κ2) is 9.55. The molecule has 2 amide bonds. The van der Waals surface area contributed by atoms with Crippen molar-refractivity contribution in [3.05, 3.63) is 65.9 Å². The van der Waals surface area contributed by atoms with Gasteiger partial charge in [-0.1, -0.05) is 36.4 Å². The van der Waals surface area contributed by atoms with Crippen LogP contribution in [0.4, 0.5) is 10.5 Å². The number of H-pyrrole nitrogens is 1. The van der Waals surface area contributed by atoms with E-state index in [0.717, 1.165) is 11.1 Å². The molecule has 8 heteroatoms. The molecule has 1 unspecified atom stereocenters. The molecule has 0 fully saturated rings. The van der Waals surface area contributed by atoms with Gasteiger partial charge in [-0.15, -0.1) is 0 Å². The van der Waals surface area contributed by atoms with E-state index in [1.54, 1.807) is 39.1 Å². The molecule has 0 radical (unpaired) electrons. The van der Waals surface area contributed by atoms with E-state index in [2.05, 4.69) is 15.6 Å². The fourth-order valence-electron chi connectivity index (χ4n) is 3.38. The first-order valence-electron chi connectivity index (χ1n) is 10.3. The zero-order valence-electron chi connectivity index (χ0n) is 18.3. The summed E-state index contributed by atoms with van der Waals surface area (Å²) in [5.74, 6) is -1.52. The number of ether oxygens (including phenoxy) is 1. The number of aliphatic carboxylic acids is 1. The Labute approximate surface area is 186 Å². The van der Waals surface area contributed by atoms with E-state index >= 15 is 0 Å². The molecular weight excluding hydrogens is 410 g/mol. The average molecular weight is 437 g/mol. The average Bonchev–Trinajstić information content (AvgIpc) is 3.10. The lowest BCUT2D eigenvalue weighted by molar-refractivity contribution is -0.141. The van der Waals surface area contributed by atoms with E-state index in [1.165, 1.54) is 0 Å². The highest BCUT2D eigenvalue weighted by Gasteiger charge is 2.24. The molecule has 168 valence electrons. The van der Waals surface area contributed by atoms with Crippen molar-refractivity contribution in [2.75, 3.05) is 5.32 Å². The van der Waals surface area contributed by atoms with Crippen LogP contribution in [0.5, 0.6) is 0 Å². The van der Waals surface area contributed by atoms with Gasteiger partial charge in [-0.3, -0.25) is 10.1 Å². The monoisotopic (exact) mass is 437 g/mol. The third-order valence-corrected chi connectivity index (χ3v) is 4.69. The van der Waals surface area contributed by atoms with Gasteiger partial charge in [0, 0.05) is 23.5 Å². The number of hydrogen-bond donors (Lipinski definition) is 4. The van der Waals surface area contributed by atoms with Crippen molar-refractivity contribution in [2.24, 2.45) is 0 Å². The Kier molecular flexibility index (Phi) is 6.82. The number of aromatic amines is 1. The lowest BCUT2D eigenvalue weighted by Crippen LogP contribution is -2.43. The highest BCUT2D eigenvalue weighted by molar-refractivity contribution is 6.01. The molecule has 1 heterocycles. The van der Waals surface area contributed by atoms with Gasteiger partial charge in [0.2, 0.25) is 5.91 Å². The molecule has 1 aromatic heterocycles. The third-order valence-electron chi connectivity index (χ3n) is 4.69. The summed E-state index contributed by atoms with van der Waals surface area (Å²) in [6.45, 7) is 5.30. The van der Waals surface area contributed by atoms with E-state index in [0.29, 0.717) is 16.6 Å². The van der Waals surface area contributed by atoms with Crippen LogP contribution in [0, 0.1) is 0 Å². The molecule has 2 aromatic carbocycles. The largest absolute Gasteiger partial charge is 0.480 e. The molecule has 0 saturated heterocycles. The topological polar surface area (TPSA) is 121 Å². The number of nitrogens with one attached hydrogen (secondary N) is 3. The summed E-state index contributed by atoms with van der Waals surface area (Å²) in [6, 6.07) is 13.3. The van der Waals surface area contributed by atoms with Gasteiger partial charge >= 0.3 is 12.1 Å². The van der Waals surface area contributed by atoms with Crippen molar-refractivity contribution >= 4 is 34.6 Å².